The topological polar surface area (TPSA) is 93.7 Å². The first-order chi connectivity index (χ1) is 14.4. The number of ether oxygens (including phenoxy) is 2. The number of amides is 1. The molecule has 0 saturated heterocycles. The summed E-state index contributed by atoms with van der Waals surface area (Å²) < 4.78 is 38.0. The number of nitrogens with one attached hydrogen (secondary N) is 2. The van der Waals surface area contributed by atoms with Gasteiger partial charge in [-0.15, -0.1) is 0 Å². The molecule has 0 radical (unpaired) electrons. The molecule has 0 aliphatic heterocycles. The Kier molecular flexibility index (Phi) is 6.81. The molecule has 0 saturated carbocycles. The van der Waals surface area contributed by atoms with E-state index >= 15 is 0 Å². The normalized spacial score (nSPS) is 10.9. The molecule has 0 unspecified atom stereocenters. The van der Waals surface area contributed by atoms with Crippen molar-refractivity contribution in [3.63, 3.8) is 0 Å². The highest BCUT2D eigenvalue weighted by atomic mass is 35.5. The van der Waals surface area contributed by atoms with Crippen LogP contribution in [-0.2, 0) is 14.8 Å². The third-order valence-corrected chi connectivity index (χ3v) is 5.63. The lowest BCUT2D eigenvalue weighted by atomic mass is 10.3. The van der Waals surface area contributed by atoms with Gasteiger partial charge >= 0.3 is 0 Å². The Hall–Kier alpha value is -3.23. The van der Waals surface area contributed by atoms with E-state index in [0.29, 0.717) is 17.1 Å². The number of carbonyl (C=O) groups excluding carboxylic acids is 1. The molecule has 0 spiro atoms. The SMILES string of the molecule is COc1cccc(NC(=O)COc2ccc(S(=O)(=O)Nc3ccccc3)cc2Cl)c1. The fraction of sp³-hybridized carbons (Fsp3) is 0.0952. The minimum atomic E-state index is -3.81. The second-order valence-electron chi connectivity index (χ2n) is 6.13. The monoisotopic (exact) mass is 446 g/mol. The van der Waals surface area contributed by atoms with Crippen molar-refractivity contribution >= 4 is 38.9 Å². The maximum Gasteiger partial charge on any atom is 0.262 e. The highest BCUT2D eigenvalue weighted by Gasteiger charge is 2.17. The Morgan fingerprint density at radius 2 is 1.70 bits per heavy atom. The van der Waals surface area contributed by atoms with E-state index in [9.17, 15) is 13.2 Å². The van der Waals surface area contributed by atoms with Gasteiger partial charge in [0.15, 0.2) is 6.61 Å². The maximum absolute atomic E-state index is 12.5. The van der Waals surface area contributed by atoms with Crippen molar-refractivity contribution in [2.75, 3.05) is 23.8 Å². The molecule has 0 atom stereocenters. The lowest BCUT2D eigenvalue weighted by Crippen LogP contribution is -2.20. The molecule has 3 aromatic rings. The van der Waals surface area contributed by atoms with Gasteiger partial charge in [-0.25, -0.2) is 8.42 Å². The number of anilines is 2. The number of sulfonamides is 1. The minimum Gasteiger partial charge on any atom is -0.497 e. The summed E-state index contributed by atoms with van der Waals surface area (Å²) >= 11 is 6.16. The largest absolute Gasteiger partial charge is 0.497 e. The minimum absolute atomic E-state index is 0.0236. The molecule has 30 heavy (non-hydrogen) atoms. The van der Waals surface area contributed by atoms with Crippen LogP contribution in [0.5, 0.6) is 11.5 Å². The van der Waals surface area contributed by atoms with E-state index in [0.717, 1.165) is 0 Å². The first-order valence-electron chi connectivity index (χ1n) is 8.81. The summed E-state index contributed by atoms with van der Waals surface area (Å²) in [6.07, 6.45) is 0. The highest BCUT2D eigenvalue weighted by Crippen LogP contribution is 2.28. The van der Waals surface area contributed by atoms with Crippen molar-refractivity contribution < 1.29 is 22.7 Å². The van der Waals surface area contributed by atoms with E-state index in [1.807, 2.05) is 0 Å². The molecular weight excluding hydrogens is 428 g/mol. The molecule has 0 fully saturated rings. The molecule has 0 aliphatic rings. The Bertz CT molecular complexity index is 1140. The van der Waals surface area contributed by atoms with E-state index in [-0.39, 0.29) is 22.3 Å². The highest BCUT2D eigenvalue weighted by molar-refractivity contribution is 7.92. The predicted molar refractivity (Wildman–Crippen MR) is 116 cm³/mol. The van der Waals surface area contributed by atoms with Crippen LogP contribution in [0.4, 0.5) is 11.4 Å². The Morgan fingerprint density at radius 1 is 0.967 bits per heavy atom. The number of carbonyl (C=O) groups is 1. The van der Waals surface area contributed by atoms with Crippen LogP contribution in [0.1, 0.15) is 0 Å². The van der Waals surface area contributed by atoms with Gasteiger partial charge in [0.1, 0.15) is 11.5 Å². The van der Waals surface area contributed by atoms with Crippen LogP contribution >= 0.6 is 11.6 Å². The van der Waals surface area contributed by atoms with E-state index in [4.69, 9.17) is 21.1 Å². The molecule has 0 aromatic heterocycles. The van der Waals surface area contributed by atoms with Crippen LogP contribution < -0.4 is 19.5 Å². The van der Waals surface area contributed by atoms with Crippen LogP contribution in [0, 0.1) is 0 Å². The summed E-state index contributed by atoms with van der Waals surface area (Å²) in [5, 5.41) is 2.75. The van der Waals surface area contributed by atoms with Gasteiger partial charge in [-0.2, -0.15) is 0 Å². The third kappa shape index (κ3) is 5.65. The molecule has 0 aliphatic carbocycles. The lowest BCUT2D eigenvalue weighted by molar-refractivity contribution is -0.118. The second-order valence-corrected chi connectivity index (χ2v) is 8.22. The van der Waals surface area contributed by atoms with Gasteiger partial charge < -0.3 is 14.8 Å². The van der Waals surface area contributed by atoms with Gasteiger partial charge in [0.25, 0.3) is 15.9 Å². The molecule has 9 heteroatoms. The molecule has 3 aromatic carbocycles. The second kappa shape index (κ2) is 9.51. The summed E-state index contributed by atoms with van der Waals surface area (Å²) in [6, 6.07) is 19.4. The molecule has 0 heterocycles. The van der Waals surface area contributed by atoms with Gasteiger partial charge in [0, 0.05) is 17.4 Å². The summed E-state index contributed by atoms with van der Waals surface area (Å²) in [4.78, 5) is 12.1. The smallest absolute Gasteiger partial charge is 0.262 e. The number of benzene rings is 3. The van der Waals surface area contributed by atoms with Gasteiger partial charge in [-0.3, -0.25) is 9.52 Å². The zero-order valence-electron chi connectivity index (χ0n) is 16.0. The van der Waals surface area contributed by atoms with Crippen molar-refractivity contribution in [2.24, 2.45) is 0 Å². The van der Waals surface area contributed by atoms with Crippen LogP contribution in [0.15, 0.2) is 77.7 Å². The quantitative estimate of drug-likeness (QED) is 0.541. The molecule has 3 rings (SSSR count). The van der Waals surface area contributed by atoms with Gasteiger partial charge in [0.2, 0.25) is 0 Å². The number of hydrogen-bond acceptors (Lipinski definition) is 5. The number of rotatable bonds is 8. The number of methoxy groups -OCH3 is 1. The summed E-state index contributed by atoms with van der Waals surface area (Å²) in [5.41, 5.74) is 0.991. The standard InChI is InChI=1S/C21H19ClN2O5S/c1-28-17-9-5-8-16(12-17)23-21(25)14-29-20-11-10-18(13-19(20)22)30(26,27)24-15-6-3-2-4-7-15/h2-13,24H,14H2,1H3,(H,23,25). The van der Waals surface area contributed by atoms with Crippen molar-refractivity contribution in [1.29, 1.82) is 0 Å². The maximum atomic E-state index is 12.5. The van der Waals surface area contributed by atoms with Crippen LogP contribution in [0.2, 0.25) is 5.02 Å². The summed E-state index contributed by atoms with van der Waals surface area (Å²) in [6.45, 7) is -0.300. The average molecular weight is 447 g/mol. The zero-order valence-corrected chi connectivity index (χ0v) is 17.5. The van der Waals surface area contributed by atoms with E-state index in [1.165, 1.54) is 25.3 Å². The van der Waals surface area contributed by atoms with Gasteiger partial charge in [0.05, 0.1) is 17.0 Å². The van der Waals surface area contributed by atoms with E-state index in [1.54, 1.807) is 54.6 Å². The number of para-hydroxylation sites is 1. The van der Waals surface area contributed by atoms with Crippen LogP contribution in [0.25, 0.3) is 0 Å². The fourth-order valence-electron chi connectivity index (χ4n) is 2.53. The molecule has 7 nitrogen and oxygen atoms in total. The van der Waals surface area contributed by atoms with Gasteiger partial charge in [-0.1, -0.05) is 35.9 Å². The van der Waals surface area contributed by atoms with Crippen molar-refractivity contribution in [2.45, 2.75) is 4.90 Å². The Balaban J connectivity index is 1.63. The molecule has 2 N–H and O–H groups in total. The molecule has 156 valence electrons. The van der Waals surface area contributed by atoms with E-state index < -0.39 is 15.9 Å². The third-order valence-electron chi connectivity index (χ3n) is 3.95. The summed E-state index contributed by atoms with van der Waals surface area (Å²) in [5.74, 6) is 0.399. The average Bonchev–Trinajstić information content (AvgIpc) is 2.73. The molecule has 0 bridgehead atoms. The van der Waals surface area contributed by atoms with Crippen molar-refractivity contribution in [3.8, 4) is 11.5 Å². The van der Waals surface area contributed by atoms with Crippen LogP contribution in [0.3, 0.4) is 0 Å². The zero-order chi connectivity index (χ0) is 21.6. The lowest BCUT2D eigenvalue weighted by Gasteiger charge is -2.12. The Labute approximate surface area is 179 Å². The van der Waals surface area contributed by atoms with Crippen molar-refractivity contribution in [1.82, 2.24) is 0 Å². The van der Waals surface area contributed by atoms with Gasteiger partial charge in [-0.05, 0) is 42.5 Å². The number of hydrogen-bond donors (Lipinski definition) is 2. The van der Waals surface area contributed by atoms with Crippen molar-refractivity contribution in [3.05, 3.63) is 77.8 Å². The Morgan fingerprint density at radius 3 is 2.40 bits per heavy atom. The van der Waals surface area contributed by atoms with E-state index in [2.05, 4.69) is 10.0 Å². The van der Waals surface area contributed by atoms with Crippen LogP contribution in [-0.4, -0.2) is 28.0 Å². The first-order valence-corrected chi connectivity index (χ1v) is 10.7. The predicted octanol–water partition coefficient (Wildman–Crippen LogP) is 4.17. The first kappa shape index (κ1) is 21.5. The number of halogens is 1. The molecule has 1 amide bonds. The fourth-order valence-corrected chi connectivity index (χ4v) is 3.91. The summed E-state index contributed by atoms with van der Waals surface area (Å²) in [7, 11) is -2.28. The molecular formula is C21H19ClN2O5S.